The van der Waals surface area contributed by atoms with Crippen molar-refractivity contribution in [1.82, 2.24) is 29.9 Å². The Kier molecular flexibility index (Phi) is 5.69. The highest BCUT2D eigenvalue weighted by atomic mass is 16.2. The van der Waals surface area contributed by atoms with Crippen LogP contribution in [-0.4, -0.2) is 42.9 Å². The van der Waals surface area contributed by atoms with E-state index in [1.165, 1.54) is 4.68 Å². The fourth-order valence-corrected chi connectivity index (χ4v) is 3.23. The van der Waals surface area contributed by atoms with E-state index >= 15 is 0 Å². The van der Waals surface area contributed by atoms with E-state index in [0.717, 1.165) is 31.4 Å². The number of rotatable bonds is 0. The molecule has 0 spiro atoms. The number of carbonyl (C=O) groups excluding carboxylic acids is 2. The van der Waals surface area contributed by atoms with Gasteiger partial charge in [-0.15, -0.1) is 0 Å². The third kappa shape index (κ3) is 4.45. The van der Waals surface area contributed by atoms with Gasteiger partial charge in [-0.05, 0) is 31.4 Å². The maximum atomic E-state index is 12.8. The van der Waals surface area contributed by atoms with Gasteiger partial charge in [0.2, 0.25) is 0 Å². The molecule has 0 fully saturated rings. The Balaban J connectivity index is 1.65. The van der Waals surface area contributed by atoms with Gasteiger partial charge in [-0.2, -0.15) is 10.2 Å². The third-order valence-corrected chi connectivity index (χ3v) is 4.72. The van der Waals surface area contributed by atoms with Crippen molar-refractivity contribution in [2.24, 2.45) is 7.05 Å². The van der Waals surface area contributed by atoms with Crippen LogP contribution >= 0.6 is 0 Å². The van der Waals surface area contributed by atoms with Gasteiger partial charge in [-0.25, -0.2) is 4.98 Å². The summed E-state index contributed by atoms with van der Waals surface area (Å²) in [5.74, 6) is -0.738. The highest BCUT2D eigenvalue weighted by Crippen LogP contribution is 2.19. The molecular weight excluding hydrogens is 382 g/mol. The summed E-state index contributed by atoms with van der Waals surface area (Å²) in [6.45, 7) is 1.29. The molecule has 9 nitrogen and oxygen atoms in total. The molecule has 1 aliphatic rings. The number of allylic oxidation sites excluding steroid dienone is 1. The zero-order valence-corrected chi connectivity index (χ0v) is 16.7. The molecule has 1 aliphatic heterocycles. The molecule has 0 saturated carbocycles. The molecule has 2 N–H and O–H groups in total. The van der Waals surface area contributed by atoms with E-state index in [1.54, 1.807) is 31.6 Å². The lowest BCUT2D eigenvalue weighted by atomic mass is 10.2. The summed E-state index contributed by atoms with van der Waals surface area (Å²) in [4.78, 5) is 29.8. The largest absolute Gasteiger partial charge is 0.350 e. The summed E-state index contributed by atoms with van der Waals surface area (Å²) < 4.78 is 3.38. The Hall–Kier alpha value is -3.75. The zero-order valence-electron chi connectivity index (χ0n) is 16.7. The third-order valence-electron chi connectivity index (χ3n) is 4.72. The van der Waals surface area contributed by atoms with Crippen LogP contribution in [0.15, 0.2) is 48.9 Å². The van der Waals surface area contributed by atoms with Crippen LogP contribution in [0, 0.1) is 0 Å². The first kappa shape index (κ1) is 19.6. The van der Waals surface area contributed by atoms with Gasteiger partial charge >= 0.3 is 0 Å². The van der Waals surface area contributed by atoms with E-state index in [1.807, 2.05) is 16.9 Å². The fourth-order valence-electron chi connectivity index (χ4n) is 3.23. The summed E-state index contributed by atoms with van der Waals surface area (Å²) in [6, 6.07) is 5.25. The molecule has 4 heterocycles. The number of nitrogens with one attached hydrogen (secondary N) is 2. The molecular formula is C21H23N7O2. The number of hydrogen-bond acceptors (Lipinski definition) is 5. The van der Waals surface area contributed by atoms with E-state index in [0.29, 0.717) is 17.9 Å². The monoisotopic (exact) mass is 405 g/mol. The second-order valence-electron chi connectivity index (χ2n) is 7.08. The Morgan fingerprint density at radius 1 is 1.03 bits per heavy atom. The molecule has 0 saturated heterocycles. The second-order valence-corrected chi connectivity index (χ2v) is 7.08. The smallest absolute Gasteiger partial charge is 0.274 e. The number of aromatic nitrogens is 5. The maximum Gasteiger partial charge on any atom is 0.274 e. The van der Waals surface area contributed by atoms with Crippen molar-refractivity contribution >= 4 is 17.5 Å². The number of amides is 2. The zero-order chi connectivity index (χ0) is 20.9. The lowest BCUT2D eigenvalue weighted by molar-refractivity contribution is 0.0949. The minimum absolute atomic E-state index is 0.171. The lowest BCUT2D eigenvalue weighted by Crippen LogP contribution is -2.26. The van der Waals surface area contributed by atoms with Gasteiger partial charge in [0.15, 0.2) is 5.69 Å². The highest BCUT2D eigenvalue weighted by molar-refractivity contribution is 6.07. The van der Waals surface area contributed by atoms with Crippen LogP contribution in [0.2, 0.25) is 0 Å². The Labute approximate surface area is 173 Å². The molecule has 30 heavy (non-hydrogen) atoms. The minimum atomic E-state index is -0.410. The van der Waals surface area contributed by atoms with Crippen molar-refractivity contribution in [2.75, 3.05) is 11.9 Å². The van der Waals surface area contributed by atoms with Crippen LogP contribution in [-0.2, 0) is 13.6 Å². The molecule has 0 aromatic carbocycles. The number of fused-ring (bicyclic) bond motifs is 6. The molecule has 4 rings (SSSR count). The second kappa shape index (κ2) is 8.73. The van der Waals surface area contributed by atoms with Gasteiger partial charge in [0.05, 0.1) is 17.6 Å². The number of hydrogen-bond donors (Lipinski definition) is 2. The van der Waals surface area contributed by atoms with Gasteiger partial charge in [-0.1, -0.05) is 18.2 Å². The fraction of sp³-hybridized carbons (Fsp3) is 0.286. The van der Waals surface area contributed by atoms with Gasteiger partial charge in [-0.3, -0.25) is 19.0 Å². The first-order valence-corrected chi connectivity index (χ1v) is 9.88. The van der Waals surface area contributed by atoms with E-state index in [2.05, 4.69) is 38.0 Å². The quantitative estimate of drug-likeness (QED) is 0.559. The van der Waals surface area contributed by atoms with Gasteiger partial charge in [0.25, 0.3) is 11.8 Å². The normalized spacial score (nSPS) is 16.4. The minimum Gasteiger partial charge on any atom is -0.350 e. The van der Waals surface area contributed by atoms with E-state index in [-0.39, 0.29) is 17.3 Å². The van der Waals surface area contributed by atoms with Crippen LogP contribution in [0.25, 0.3) is 11.3 Å². The number of pyridine rings is 1. The molecule has 9 heteroatoms. The van der Waals surface area contributed by atoms with Crippen LogP contribution in [0.4, 0.5) is 5.69 Å². The van der Waals surface area contributed by atoms with Gasteiger partial charge in [0.1, 0.15) is 5.69 Å². The Morgan fingerprint density at radius 3 is 2.77 bits per heavy atom. The summed E-state index contributed by atoms with van der Waals surface area (Å²) >= 11 is 0. The SMILES string of the molecule is Cn1cc2c(n1)C(=O)NCC/C=C/CCCn1cc(cn1)-c1cccc(n1)C(=O)N2. The van der Waals surface area contributed by atoms with Crippen LogP contribution in [0.5, 0.6) is 0 Å². The molecule has 0 unspecified atom stereocenters. The van der Waals surface area contributed by atoms with Crippen molar-refractivity contribution in [2.45, 2.75) is 25.8 Å². The first-order chi connectivity index (χ1) is 14.6. The van der Waals surface area contributed by atoms with Crippen molar-refractivity contribution < 1.29 is 9.59 Å². The lowest BCUT2D eigenvalue weighted by Gasteiger charge is -2.06. The Morgan fingerprint density at radius 2 is 1.87 bits per heavy atom. The summed E-state index contributed by atoms with van der Waals surface area (Å²) in [5, 5.41) is 14.2. The molecule has 3 aromatic heterocycles. The molecule has 2 amide bonds. The number of nitrogens with zero attached hydrogens (tertiary/aromatic N) is 5. The summed E-state index contributed by atoms with van der Waals surface area (Å²) in [7, 11) is 1.70. The van der Waals surface area contributed by atoms with E-state index in [9.17, 15) is 9.59 Å². The maximum absolute atomic E-state index is 12.8. The van der Waals surface area contributed by atoms with Crippen LogP contribution in [0.3, 0.4) is 0 Å². The highest BCUT2D eigenvalue weighted by Gasteiger charge is 2.19. The average Bonchev–Trinajstić information content (AvgIpc) is 3.36. The number of anilines is 1. The Bertz CT molecular complexity index is 1100. The molecule has 0 radical (unpaired) electrons. The van der Waals surface area contributed by atoms with Crippen LogP contribution in [0.1, 0.15) is 40.2 Å². The van der Waals surface area contributed by atoms with Gasteiger partial charge in [0, 0.05) is 38.1 Å². The van der Waals surface area contributed by atoms with E-state index < -0.39 is 5.91 Å². The molecule has 4 bridgehead atoms. The van der Waals surface area contributed by atoms with Crippen molar-refractivity contribution in [3.63, 3.8) is 0 Å². The van der Waals surface area contributed by atoms with E-state index in [4.69, 9.17) is 0 Å². The van der Waals surface area contributed by atoms with Crippen molar-refractivity contribution in [1.29, 1.82) is 0 Å². The molecule has 3 aromatic rings. The number of aryl methyl sites for hydroxylation is 2. The van der Waals surface area contributed by atoms with Crippen LogP contribution < -0.4 is 10.6 Å². The van der Waals surface area contributed by atoms with Crippen molar-refractivity contribution in [3.8, 4) is 11.3 Å². The summed E-state index contributed by atoms with van der Waals surface area (Å²) in [5.41, 5.74) is 2.27. The average molecular weight is 405 g/mol. The number of carbonyl (C=O) groups is 2. The topological polar surface area (TPSA) is 107 Å². The molecule has 0 aliphatic carbocycles. The molecule has 154 valence electrons. The summed E-state index contributed by atoms with van der Waals surface area (Å²) in [6.07, 6.45) is 12.1. The van der Waals surface area contributed by atoms with Gasteiger partial charge < -0.3 is 10.6 Å². The predicted octanol–water partition coefficient (Wildman–Crippen LogP) is 2.40. The van der Waals surface area contributed by atoms with Crippen molar-refractivity contribution in [3.05, 3.63) is 60.3 Å². The molecule has 0 atom stereocenters. The predicted molar refractivity (Wildman–Crippen MR) is 112 cm³/mol. The standard InChI is InChI=1S/C21H23N7O2/c1-27-14-18-19(26-27)21(30)22-10-5-3-2-4-6-11-28-13-15(12-23-28)16-8-7-9-17(24-16)20(29)25-18/h2-3,7-9,12-14H,4-6,10-11H2,1H3,(H,22,30)(H,25,29)/b3-2+. The first-order valence-electron chi connectivity index (χ1n) is 9.88.